The van der Waals surface area contributed by atoms with Gasteiger partial charge in [0.25, 0.3) is 5.91 Å². The van der Waals surface area contributed by atoms with Crippen LogP contribution in [-0.2, 0) is 0 Å². The number of hydrogen-bond acceptors (Lipinski definition) is 4. The van der Waals surface area contributed by atoms with E-state index >= 15 is 0 Å². The van der Waals surface area contributed by atoms with Crippen LogP contribution in [-0.4, -0.2) is 35.5 Å². The molecule has 1 amide bonds. The highest BCUT2D eigenvalue weighted by Crippen LogP contribution is 2.21. The Hall–Kier alpha value is -2.43. The van der Waals surface area contributed by atoms with Gasteiger partial charge in [0.2, 0.25) is 5.95 Å². The predicted octanol–water partition coefficient (Wildman–Crippen LogP) is 3.69. The van der Waals surface area contributed by atoms with Crippen molar-refractivity contribution in [3.63, 3.8) is 0 Å². The fourth-order valence-electron chi connectivity index (χ4n) is 3.36. The molecule has 1 saturated heterocycles. The molecule has 0 spiro atoms. The summed E-state index contributed by atoms with van der Waals surface area (Å²) in [5, 5.41) is 0. The van der Waals surface area contributed by atoms with E-state index in [0.29, 0.717) is 18.0 Å². The number of anilines is 2. The normalized spacial score (nSPS) is 17.4. The SMILES string of the molecule is CCN(C(=O)c1cnc(N2CCCC(C)C2)nc1)c1cccc(C)c1. The van der Waals surface area contributed by atoms with Crippen LogP contribution in [0.1, 0.15) is 42.6 Å². The molecule has 1 aromatic heterocycles. The minimum Gasteiger partial charge on any atom is -0.341 e. The van der Waals surface area contributed by atoms with Gasteiger partial charge in [0.05, 0.1) is 5.56 Å². The summed E-state index contributed by atoms with van der Waals surface area (Å²) in [5.41, 5.74) is 2.56. The largest absolute Gasteiger partial charge is 0.341 e. The molecule has 3 rings (SSSR count). The molecule has 1 aromatic carbocycles. The fourth-order valence-corrected chi connectivity index (χ4v) is 3.36. The van der Waals surface area contributed by atoms with E-state index in [1.807, 2.05) is 38.1 Å². The summed E-state index contributed by atoms with van der Waals surface area (Å²) < 4.78 is 0. The van der Waals surface area contributed by atoms with Crippen molar-refractivity contribution in [3.8, 4) is 0 Å². The molecule has 5 nitrogen and oxygen atoms in total. The Balaban J connectivity index is 1.77. The molecule has 0 aliphatic carbocycles. The Morgan fingerprint density at radius 2 is 2.08 bits per heavy atom. The molecule has 0 saturated carbocycles. The van der Waals surface area contributed by atoms with E-state index in [4.69, 9.17) is 0 Å². The van der Waals surface area contributed by atoms with Crippen LogP contribution in [0.2, 0.25) is 0 Å². The highest BCUT2D eigenvalue weighted by atomic mass is 16.2. The van der Waals surface area contributed by atoms with Gasteiger partial charge in [-0.1, -0.05) is 19.1 Å². The minimum atomic E-state index is -0.0633. The van der Waals surface area contributed by atoms with E-state index in [1.54, 1.807) is 17.3 Å². The summed E-state index contributed by atoms with van der Waals surface area (Å²) in [6, 6.07) is 7.97. The maximum atomic E-state index is 12.9. The lowest BCUT2D eigenvalue weighted by molar-refractivity contribution is 0.0987. The van der Waals surface area contributed by atoms with Gasteiger partial charge in [0.15, 0.2) is 0 Å². The lowest BCUT2D eigenvalue weighted by atomic mass is 10.0. The third kappa shape index (κ3) is 3.98. The zero-order valence-corrected chi connectivity index (χ0v) is 15.3. The van der Waals surface area contributed by atoms with E-state index < -0.39 is 0 Å². The van der Waals surface area contributed by atoms with Gasteiger partial charge < -0.3 is 9.80 Å². The second-order valence-electron chi connectivity index (χ2n) is 6.85. The highest BCUT2D eigenvalue weighted by Gasteiger charge is 2.20. The Bertz CT molecular complexity index is 729. The van der Waals surface area contributed by atoms with Crippen LogP contribution in [0.3, 0.4) is 0 Å². The van der Waals surface area contributed by atoms with Crippen molar-refractivity contribution in [1.82, 2.24) is 9.97 Å². The maximum absolute atomic E-state index is 12.9. The third-order valence-corrected chi connectivity index (χ3v) is 4.70. The maximum Gasteiger partial charge on any atom is 0.261 e. The first-order valence-electron chi connectivity index (χ1n) is 9.04. The Labute approximate surface area is 149 Å². The van der Waals surface area contributed by atoms with Crippen LogP contribution < -0.4 is 9.80 Å². The molecule has 1 unspecified atom stereocenters. The first-order chi connectivity index (χ1) is 12.1. The molecule has 1 atom stereocenters. The Morgan fingerprint density at radius 1 is 1.32 bits per heavy atom. The number of benzene rings is 1. The summed E-state index contributed by atoms with van der Waals surface area (Å²) in [4.78, 5) is 25.7. The molecule has 0 N–H and O–H groups in total. The monoisotopic (exact) mass is 338 g/mol. The van der Waals surface area contributed by atoms with Crippen LogP contribution >= 0.6 is 0 Å². The summed E-state index contributed by atoms with van der Waals surface area (Å²) in [6.07, 6.45) is 5.74. The number of carbonyl (C=O) groups excluding carboxylic acids is 1. The molecule has 1 aliphatic rings. The van der Waals surface area contributed by atoms with Crippen molar-refractivity contribution >= 4 is 17.5 Å². The van der Waals surface area contributed by atoms with E-state index in [1.165, 1.54) is 12.8 Å². The predicted molar refractivity (Wildman–Crippen MR) is 101 cm³/mol. The number of aromatic nitrogens is 2. The molecular formula is C20H26N4O. The van der Waals surface area contributed by atoms with Gasteiger partial charge in [0.1, 0.15) is 0 Å². The van der Waals surface area contributed by atoms with Crippen LogP contribution in [0.4, 0.5) is 11.6 Å². The molecule has 2 aromatic rings. The molecule has 0 bridgehead atoms. The van der Waals surface area contributed by atoms with Gasteiger partial charge in [-0.25, -0.2) is 9.97 Å². The van der Waals surface area contributed by atoms with Crippen molar-refractivity contribution in [1.29, 1.82) is 0 Å². The summed E-state index contributed by atoms with van der Waals surface area (Å²) in [7, 11) is 0. The number of rotatable bonds is 4. The van der Waals surface area contributed by atoms with E-state index in [9.17, 15) is 4.79 Å². The van der Waals surface area contributed by atoms with Gasteiger partial charge in [-0.3, -0.25) is 4.79 Å². The first-order valence-corrected chi connectivity index (χ1v) is 9.04. The van der Waals surface area contributed by atoms with Gasteiger partial charge in [-0.2, -0.15) is 0 Å². The van der Waals surface area contributed by atoms with Crippen LogP contribution in [0.25, 0.3) is 0 Å². The Kier molecular flexibility index (Phi) is 5.31. The number of carbonyl (C=O) groups is 1. The quantitative estimate of drug-likeness (QED) is 0.853. The van der Waals surface area contributed by atoms with Crippen molar-refractivity contribution in [2.45, 2.75) is 33.6 Å². The standard InChI is InChI=1S/C20H26N4O/c1-4-24(18-9-5-7-15(2)11-18)19(25)17-12-21-20(22-13-17)23-10-6-8-16(3)14-23/h5,7,9,11-13,16H,4,6,8,10,14H2,1-3H3. The van der Waals surface area contributed by atoms with Gasteiger partial charge in [-0.15, -0.1) is 0 Å². The lowest BCUT2D eigenvalue weighted by Crippen LogP contribution is -2.35. The summed E-state index contributed by atoms with van der Waals surface area (Å²) in [6.45, 7) is 8.84. The smallest absolute Gasteiger partial charge is 0.261 e. The first kappa shape index (κ1) is 17.4. The number of hydrogen-bond donors (Lipinski definition) is 0. The van der Waals surface area contributed by atoms with E-state index in [-0.39, 0.29) is 5.91 Å². The Morgan fingerprint density at radius 3 is 2.72 bits per heavy atom. The average molecular weight is 338 g/mol. The summed E-state index contributed by atoms with van der Waals surface area (Å²) >= 11 is 0. The number of amides is 1. The van der Waals surface area contributed by atoms with Gasteiger partial charge in [0, 0.05) is 37.7 Å². The molecule has 1 aliphatic heterocycles. The molecule has 2 heterocycles. The van der Waals surface area contributed by atoms with Gasteiger partial charge >= 0.3 is 0 Å². The second kappa shape index (κ2) is 7.64. The topological polar surface area (TPSA) is 49.3 Å². The molecule has 1 fully saturated rings. The molecule has 25 heavy (non-hydrogen) atoms. The van der Waals surface area contributed by atoms with Crippen molar-refractivity contribution < 1.29 is 4.79 Å². The number of aryl methyl sites for hydroxylation is 1. The van der Waals surface area contributed by atoms with Crippen LogP contribution in [0, 0.1) is 12.8 Å². The van der Waals surface area contributed by atoms with Crippen molar-refractivity contribution in [2.75, 3.05) is 29.4 Å². The fraction of sp³-hybridized carbons (Fsp3) is 0.450. The number of piperidine rings is 1. The van der Waals surface area contributed by atoms with Crippen LogP contribution in [0.5, 0.6) is 0 Å². The molecule has 132 valence electrons. The van der Waals surface area contributed by atoms with Crippen LogP contribution in [0.15, 0.2) is 36.7 Å². The molecule has 0 radical (unpaired) electrons. The second-order valence-corrected chi connectivity index (χ2v) is 6.85. The van der Waals surface area contributed by atoms with Gasteiger partial charge in [-0.05, 0) is 50.3 Å². The summed E-state index contributed by atoms with van der Waals surface area (Å²) in [5.74, 6) is 1.32. The van der Waals surface area contributed by atoms with Crippen molar-refractivity contribution in [3.05, 3.63) is 47.8 Å². The third-order valence-electron chi connectivity index (χ3n) is 4.70. The zero-order valence-electron chi connectivity index (χ0n) is 15.3. The lowest BCUT2D eigenvalue weighted by Gasteiger charge is -2.30. The van der Waals surface area contributed by atoms with E-state index in [0.717, 1.165) is 30.3 Å². The average Bonchev–Trinajstić information content (AvgIpc) is 2.62. The van der Waals surface area contributed by atoms with E-state index in [2.05, 4.69) is 21.8 Å². The highest BCUT2D eigenvalue weighted by molar-refractivity contribution is 6.05. The number of nitrogens with zero attached hydrogens (tertiary/aromatic N) is 4. The minimum absolute atomic E-state index is 0.0633. The van der Waals surface area contributed by atoms with Crippen molar-refractivity contribution in [2.24, 2.45) is 5.92 Å². The molecular weight excluding hydrogens is 312 g/mol. The molecule has 5 heteroatoms. The zero-order chi connectivity index (χ0) is 17.8.